The summed E-state index contributed by atoms with van der Waals surface area (Å²) in [6.45, 7) is 3.20. The minimum absolute atomic E-state index is 0.258. The zero-order chi connectivity index (χ0) is 20.8. The van der Waals surface area contributed by atoms with E-state index in [9.17, 15) is 4.39 Å². The van der Waals surface area contributed by atoms with Gasteiger partial charge in [-0.1, -0.05) is 23.4 Å². The Morgan fingerprint density at radius 1 is 1.17 bits per heavy atom. The molecule has 1 aromatic heterocycles. The summed E-state index contributed by atoms with van der Waals surface area (Å²) in [7, 11) is 1.65. The molecular formula is C23H26FN3O3. The van der Waals surface area contributed by atoms with Gasteiger partial charge in [0.05, 0.1) is 20.3 Å². The first-order chi connectivity index (χ1) is 14.7. The van der Waals surface area contributed by atoms with Gasteiger partial charge in [0.15, 0.2) is 5.82 Å². The summed E-state index contributed by atoms with van der Waals surface area (Å²) < 4.78 is 30.0. The lowest BCUT2D eigenvalue weighted by Gasteiger charge is -2.31. The van der Waals surface area contributed by atoms with Crippen LogP contribution in [0.3, 0.4) is 0 Å². The summed E-state index contributed by atoms with van der Waals surface area (Å²) in [5.74, 6) is 2.97. The fourth-order valence-electron chi connectivity index (χ4n) is 3.78. The maximum Gasteiger partial charge on any atom is 0.240 e. The Kier molecular flexibility index (Phi) is 6.59. The number of methoxy groups -OCH3 is 1. The highest BCUT2D eigenvalue weighted by Gasteiger charge is 2.22. The minimum Gasteiger partial charge on any atom is -0.497 e. The van der Waals surface area contributed by atoms with E-state index in [1.54, 1.807) is 13.2 Å². The van der Waals surface area contributed by atoms with Crippen LogP contribution in [0.15, 0.2) is 53.1 Å². The van der Waals surface area contributed by atoms with Gasteiger partial charge in [0, 0.05) is 24.9 Å². The van der Waals surface area contributed by atoms with E-state index >= 15 is 0 Å². The van der Waals surface area contributed by atoms with E-state index in [2.05, 4.69) is 15.0 Å². The van der Waals surface area contributed by atoms with Crippen LogP contribution < -0.4 is 9.47 Å². The molecular weight excluding hydrogens is 385 g/mol. The van der Waals surface area contributed by atoms with Crippen molar-refractivity contribution in [3.05, 3.63) is 71.6 Å². The number of ether oxygens (including phenoxy) is 2. The predicted octanol–water partition coefficient (Wildman–Crippen LogP) is 4.10. The van der Waals surface area contributed by atoms with Gasteiger partial charge in [-0.2, -0.15) is 4.98 Å². The molecule has 30 heavy (non-hydrogen) atoms. The van der Waals surface area contributed by atoms with Crippen molar-refractivity contribution >= 4 is 0 Å². The van der Waals surface area contributed by atoms with Crippen molar-refractivity contribution < 1.29 is 18.4 Å². The standard InChI is InChI=1S/C23H26FN3O3/c1-28-20-8-3-9-21(13-20)29-16-18-6-4-10-27(14-18)15-23-25-22(26-30-23)12-17-5-2-7-19(24)11-17/h2-3,5,7-9,11,13,18H,4,6,10,12,14-16H2,1H3. The van der Waals surface area contributed by atoms with Crippen LogP contribution in [-0.2, 0) is 13.0 Å². The maximum atomic E-state index is 13.3. The Bertz CT molecular complexity index is 962. The molecule has 0 N–H and O–H groups in total. The Labute approximate surface area is 175 Å². The quantitative estimate of drug-likeness (QED) is 0.556. The van der Waals surface area contributed by atoms with Crippen molar-refractivity contribution in [2.24, 2.45) is 5.92 Å². The lowest BCUT2D eigenvalue weighted by atomic mass is 9.99. The lowest BCUT2D eigenvalue weighted by Crippen LogP contribution is -2.37. The van der Waals surface area contributed by atoms with Crippen molar-refractivity contribution in [1.82, 2.24) is 15.0 Å². The van der Waals surface area contributed by atoms with E-state index in [-0.39, 0.29) is 5.82 Å². The van der Waals surface area contributed by atoms with Gasteiger partial charge in [-0.25, -0.2) is 4.39 Å². The molecule has 0 radical (unpaired) electrons. The van der Waals surface area contributed by atoms with Crippen LogP contribution in [0.4, 0.5) is 4.39 Å². The number of likely N-dealkylation sites (tertiary alicyclic amines) is 1. The molecule has 0 saturated carbocycles. The Morgan fingerprint density at radius 3 is 2.90 bits per heavy atom. The molecule has 1 saturated heterocycles. The average molecular weight is 411 g/mol. The topological polar surface area (TPSA) is 60.6 Å². The van der Waals surface area contributed by atoms with Crippen LogP contribution in [0, 0.1) is 11.7 Å². The molecule has 1 atom stereocenters. The van der Waals surface area contributed by atoms with Crippen molar-refractivity contribution in [3.8, 4) is 11.5 Å². The van der Waals surface area contributed by atoms with Gasteiger partial charge in [0.2, 0.25) is 5.89 Å². The van der Waals surface area contributed by atoms with Crippen LogP contribution >= 0.6 is 0 Å². The highest BCUT2D eigenvalue weighted by atomic mass is 19.1. The molecule has 4 rings (SSSR count). The fourth-order valence-corrected chi connectivity index (χ4v) is 3.78. The summed E-state index contributed by atoms with van der Waals surface area (Å²) in [5, 5.41) is 4.05. The molecule has 2 aromatic carbocycles. The minimum atomic E-state index is -0.258. The molecule has 0 amide bonds. The molecule has 1 fully saturated rings. The summed E-state index contributed by atoms with van der Waals surface area (Å²) in [4.78, 5) is 6.80. The first-order valence-corrected chi connectivity index (χ1v) is 10.2. The first kappa shape index (κ1) is 20.3. The predicted molar refractivity (Wildman–Crippen MR) is 110 cm³/mol. The Balaban J connectivity index is 1.28. The molecule has 0 aliphatic carbocycles. The maximum absolute atomic E-state index is 13.3. The van der Waals surface area contributed by atoms with E-state index in [0.29, 0.717) is 37.2 Å². The zero-order valence-corrected chi connectivity index (χ0v) is 17.1. The smallest absolute Gasteiger partial charge is 0.240 e. The van der Waals surface area contributed by atoms with Gasteiger partial charge in [-0.15, -0.1) is 0 Å². The van der Waals surface area contributed by atoms with Crippen LogP contribution in [0.5, 0.6) is 11.5 Å². The van der Waals surface area contributed by atoms with E-state index < -0.39 is 0 Å². The van der Waals surface area contributed by atoms with Gasteiger partial charge in [-0.3, -0.25) is 4.90 Å². The lowest BCUT2D eigenvalue weighted by molar-refractivity contribution is 0.115. The molecule has 0 spiro atoms. The zero-order valence-electron chi connectivity index (χ0n) is 17.1. The van der Waals surface area contributed by atoms with E-state index in [0.717, 1.165) is 43.0 Å². The number of nitrogens with zero attached hydrogens (tertiary/aromatic N) is 3. The number of hydrogen-bond acceptors (Lipinski definition) is 6. The summed E-state index contributed by atoms with van der Waals surface area (Å²) >= 11 is 0. The molecule has 1 unspecified atom stereocenters. The van der Waals surface area contributed by atoms with Crippen LogP contribution in [0.1, 0.15) is 30.1 Å². The normalized spacial score (nSPS) is 17.1. The van der Waals surface area contributed by atoms with E-state index in [4.69, 9.17) is 14.0 Å². The van der Waals surface area contributed by atoms with Crippen LogP contribution in [0.2, 0.25) is 0 Å². The number of benzene rings is 2. The molecule has 158 valence electrons. The Hall–Kier alpha value is -2.93. The number of hydrogen-bond donors (Lipinski definition) is 0. The average Bonchev–Trinajstić information content (AvgIpc) is 3.19. The highest BCUT2D eigenvalue weighted by molar-refractivity contribution is 5.32. The second-order valence-electron chi connectivity index (χ2n) is 7.64. The second-order valence-corrected chi connectivity index (χ2v) is 7.64. The van der Waals surface area contributed by atoms with Crippen molar-refractivity contribution in [3.63, 3.8) is 0 Å². The number of rotatable bonds is 8. The summed E-state index contributed by atoms with van der Waals surface area (Å²) in [6.07, 6.45) is 2.70. The monoisotopic (exact) mass is 411 g/mol. The van der Waals surface area contributed by atoms with Gasteiger partial charge in [0.1, 0.15) is 17.3 Å². The number of halogens is 1. The number of piperidine rings is 1. The third-order valence-electron chi connectivity index (χ3n) is 5.25. The van der Waals surface area contributed by atoms with Gasteiger partial charge in [-0.05, 0) is 49.2 Å². The van der Waals surface area contributed by atoms with Gasteiger partial charge in [0.25, 0.3) is 0 Å². The molecule has 2 heterocycles. The van der Waals surface area contributed by atoms with E-state index in [1.165, 1.54) is 12.1 Å². The van der Waals surface area contributed by atoms with Crippen LogP contribution in [0.25, 0.3) is 0 Å². The fraction of sp³-hybridized carbons (Fsp3) is 0.391. The first-order valence-electron chi connectivity index (χ1n) is 10.2. The molecule has 0 bridgehead atoms. The summed E-state index contributed by atoms with van der Waals surface area (Å²) in [6, 6.07) is 14.1. The van der Waals surface area contributed by atoms with Gasteiger partial charge >= 0.3 is 0 Å². The van der Waals surface area contributed by atoms with E-state index in [1.807, 2.05) is 30.3 Å². The Morgan fingerprint density at radius 2 is 2.03 bits per heavy atom. The molecule has 3 aromatic rings. The van der Waals surface area contributed by atoms with Gasteiger partial charge < -0.3 is 14.0 Å². The SMILES string of the molecule is COc1cccc(OCC2CCCN(Cc3nc(Cc4cccc(F)c4)no3)C2)c1. The third-order valence-corrected chi connectivity index (χ3v) is 5.25. The van der Waals surface area contributed by atoms with Crippen molar-refractivity contribution in [1.29, 1.82) is 0 Å². The van der Waals surface area contributed by atoms with Crippen LogP contribution in [-0.4, -0.2) is 41.8 Å². The second kappa shape index (κ2) is 9.71. The van der Waals surface area contributed by atoms with Crippen molar-refractivity contribution in [2.75, 3.05) is 26.8 Å². The number of aromatic nitrogens is 2. The molecule has 1 aliphatic rings. The highest BCUT2D eigenvalue weighted by Crippen LogP contribution is 2.23. The van der Waals surface area contributed by atoms with Crippen molar-refractivity contribution in [2.45, 2.75) is 25.8 Å². The summed E-state index contributed by atoms with van der Waals surface area (Å²) in [5.41, 5.74) is 0.829. The third kappa shape index (κ3) is 5.57. The molecule has 7 heteroatoms. The molecule has 6 nitrogen and oxygen atoms in total. The molecule has 1 aliphatic heterocycles. The largest absolute Gasteiger partial charge is 0.497 e.